The fraction of sp³-hybridized carbons (Fsp3) is 0.267. The number of aryl methyl sites for hydroxylation is 3. The van der Waals surface area contributed by atoms with Crippen LogP contribution in [0, 0.1) is 27.7 Å². The van der Waals surface area contributed by atoms with Gasteiger partial charge in [-0.15, -0.1) is 11.3 Å². The Hall–Kier alpha value is -1.70. The molecule has 0 aliphatic rings. The van der Waals surface area contributed by atoms with E-state index >= 15 is 0 Å². The number of benzene rings is 1. The van der Waals surface area contributed by atoms with E-state index in [-0.39, 0.29) is 10.8 Å². The first-order valence-electron chi connectivity index (χ1n) is 6.62. The molecule has 118 valence electrons. The number of primary sulfonamides is 1. The number of thiophene rings is 1. The van der Waals surface area contributed by atoms with Crippen LogP contribution in [0.3, 0.4) is 0 Å². The number of nitrogens with two attached hydrogens (primary N) is 1. The van der Waals surface area contributed by atoms with Gasteiger partial charge in [0.25, 0.3) is 5.91 Å². The molecule has 0 spiro atoms. The molecule has 2 rings (SSSR count). The van der Waals surface area contributed by atoms with Crippen LogP contribution in [-0.4, -0.2) is 14.3 Å². The third-order valence-electron chi connectivity index (χ3n) is 3.50. The van der Waals surface area contributed by atoms with Gasteiger partial charge in [-0.25, -0.2) is 13.6 Å². The molecule has 0 atom stereocenters. The maximum atomic E-state index is 12.4. The molecular formula is C15H18N2O3S2. The van der Waals surface area contributed by atoms with E-state index < -0.39 is 10.0 Å². The molecular weight excluding hydrogens is 320 g/mol. The van der Waals surface area contributed by atoms with Crippen LogP contribution in [0.5, 0.6) is 0 Å². The molecule has 0 radical (unpaired) electrons. The summed E-state index contributed by atoms with van der Waals surface area (Å²) in [5.74, 6) is -0.254. The average molecular weight is 338 g/mol. The van der Waals surface area contributed by atoms with Gasteiger partial charge in [-0.05, 0) is 57.0 Å². The van der Waals surface area contributed by atoms with Gasteiger partial charge in [0.15, 0.2) is 0 Å². The Morgan fingerprint density at radius 2 is 1.77 bits per heavy atom. The highest BCUT2D eigenvalue weighted by molar-refractivity contribution is 7.89. The molecule has 0 fully saturated rings. The Balaban J connectivity index is 2.43. The Bertz CT molecular complexity index is 852. The summed E-state index contributed by atoms with van der Waals surface area (Å²) in [5, 5.41) is 7.96. The summed E-state index contributed by atoms with van der Waals surface area (Å²) in [6, 6.07) is 4.71. The number of carbonyl (C=O) groups is 1. The summed E-state index contributed by atoms with van der Waals surface area (Å²) < 4.78 is 23.1. The van der Waals surface area contributed by atoms with Crippen LogP contribution in [0.15, 0.2) is 23.1 Å². The number of amides is 1. The minimum atomic E-state index is -3.82. The summed E-state index contributed by atoms with van der Waals surface area (Å²) in [7, 11) is -3.82. The van der Waals surface area contributed by atoms with Crippen molar-refractivity contribution in [3.8, 4) is 0 Å². The van der Waals surface area contributed by atoms with E-state index in [4.69, 9.17) is 5.14 Å². The third-order valence-corrected chi connectivity index (χ3v) is 5.36. The van der Waals surface area contributed by atoms with Crippen molar-refractivity contribution >= 4 is 33.0 Å². The topological polar surface area (TPSA) is 89.3 Å². The molecule has 5 nitrogen and oxygen atoms in total. The van der Waals surface area contributed by atoms with Gasteiger partial charge < -0.3 is 5.32 Å². The van der Waals surface area contributed by atoms with Gasteiger partial charge in [0.05, 0.1) is 10.5 Å². The predicted octanol–water partition coefficient (Wildman–Crippen LogP) is 2.88. The maximum Gasteiger partial charge on any atom is 0.256 e. The second-order valence-electron chi connectivity index (χ2n) is 5.24. The summed E-state index contributed by atoms with van der Waals surface area (Å²) in [4.78, 5) is 14.4. The van der Waals surface area contributed by atoms with E-state index in [1.54, 1.807) is 18.3 Å². The normalized spacial score (nSPS) is 11.5. The number of carbonyl (C=O) groups excluding carboxylic acids is 1. The fourth-order valence-corrected chi connectivity index (χ4v) is 3.71. The molecule has 0 aliphatic carbocycles. The molecule has 1 amide bonds. The lowest BCUT2D eigenvalue weighted by atomic mass is 10.1. The summed E-state index contributed by atoms with van der Waals surface area (Å²) in [5.41, 5.74) is 2.61. The molecule has 1 aromatic heterocycles. The number of nitrogens with one attached hydrogen (secondary N) is 1. The third kappa shape index (κ3) is 3.37. The zero-order chi connectivity index (χ0) is 16.7. The molecule has 1 aromatic carbocycles. The van der Waals surface area contributed by atoms with Crippen LogP contribution >= 0.6 is 11.3 Å². The van der Waals surface area contributed by atoms with Gasteiger partial charge >= 0.3 is 0 Å². The van der Waals surface area contributed by atoms with E-state index in [0.717, 1.165) is 20.9 Å². The zero-order valence-corrected chi connectivity index (χ0v) is 14.5. The van der Waals surface area contributed by atoms with Crippen molar-refractivity contribution in [1.82, 2.24) is 0 Å². The second-order valence-corrected chi connectivity index (χ2v) is 8.26. The van der Waals surface area contributed by atoms with Crippen molar-refractivity contribution in [3.63, 3.8) is 0 Å². The number of hydrogen-bond donors (Lipinski definition) is 2. The van der Waals surface area contributed by atoms with Crippen molar-refractivity contribution < 1.29 is 13.2 Å². The van der Waals surface area contributed by atoms with Crippen molar-refractivity contribution in [3.05, 3.63) is 44.6 Å². The van der Waals surface area contributed by atoms with Gasteiger partial charge in [-0.1, -0.05) is 0 Å². The Morgan fingerprint density at radius 3 is 2.27 bits per heavy atom. The van der Waals surface area contributed by atoms with E-state index in [2.05, 4.69) is 5.32 Å². The Morgan fingerprint density at radius 1 is 1.14 bits per heavy atom. The number of sulfonamides is 1. The SMILES string of the molecule is Cc1cc(C(=O)Nc2cc(S(N)(=O)=O)cc(C)c2C)c(C)s1. The zero-order valence-electron chi connectivity index (χ0n) is 12.9. The first kappa shape index (κ1) is 16.7. The lowest BCUT2D eigenvalue weighted by Gasteiger charge is -2.12. The molecule has 2 aromatic rings. The largest absolute Gasteiger partial charge is 0.322 e. The Kier molecular flexibility index (Phi) is 4.42. The van der Waals surface area contributed by atoms with Crippen LogP contribution in [0.25, 0.3) is 0 Å². The molecule has 22 heavy (non-hydrogen) atoms. The quantitative estimate of drug-likeness (QED) is 0.902. The lowest BCUT2D eigenvalue weighted by Crippen LogP contribution is -2.16. The molecule has 1 heterocycles. The number of hydrogen-bond acceptors (Lipinski definition) is 4. The van der Waals surface area contributed by atoms with Gasteiger partial charge in [0.2, 0.25) is 10.0 Å². The smallest absolute Gasteiger partial charge is 0.256 e. The molecule has 0 saturated heterocycles. The fourth-order valence-electron chi connectivity index (χ4n) is 2.17. The van der Waals surface area contributed by atoms with Crippen molar-refractivity contribution in [2.24, 2.45) is 5.14 Å². The summed E-state index contributed by atoms with van der Waals surface area (Å²) in [6.45, 7) is 7.42. The van der Waals surface area contributed by atoms with Crippen LogP contribution in [0.4, 0.5) is 5.69 Å². The monoisotopic (exact) mass is 338 g/mol. The minimum Gasteiger partial charge on any atom is -0.322 e. The molecule has 0 aliphatic heterocycles. The number of rotatable bonds is 3. The summed E-state index contributed by atoms with van der Waals surface area (Å²) in [6.07, 6.45) is 0. The van der Waals surface area contributed by atoms with Gasteiger partial charge in [-0.3, -0.25) is 4.79 Å². The van der Waals surface area contributed by atoms with Crippen LogP contribution in [-0.2, 0) is 10.0 Å². The molecule has 0 unspecified atom stereocenters. The average Bonchev–Trinajstić information content (AvgIpc) is 2.72. The standard InChI is InChI=1S/C15H18N2O3S2/c1-8-5-12(22(16,19)20)7-14(10(8)3)17-15(18)13-6-9(2)21-11(13)4/h5-7H,1-4H3,(H,17,18)(H2,16,19,20). The molecule has 3 N–H and O–H groups in total. The highest BCUT2D eigenvalue weighted by Crippen LogP contribution is 2.26. The van der Waals surface area contributed by atoms with Crippen molar-refractivity contribution in [1.29, 1.82) is 0 Å². The van der Waals surface area contributed by atoms with Gasteiger partial charge in [0.1, 0.15) is 0 Å². The van der Waals surface area contributed by atoms with Crippen LogP contribution in [0.1, 0.15) is 31.2 Å². The van der Waals surface area contributed by atoms with E-state index in [1.807, 2.05) is 26.8 Å². The van der Waals surface area contributed by atoms with Gasteiger partial charge in [0, 0.05) is 15.4 Å². The lowest BCUT2D eigenvalue weighted by molar-refractivity contribution is 0.102. The summed E-state index contributed by atoms with van der Waals surface area (Å²) >= 11 is 1.55. The van der Waals surface area contributed by atoms with Crippen molar-refractivity contribution in [2.45, 2.75) is 32.6 Å². The van der Waals surface area contributed by atoms with E-state index in [9.17, 15) is 13.2 Å². The molecule has 0 saturated carbocycles. The maximum absolute atomic E-state index is 12.4. The van der Waals surface area contributed by atoms with E-state index in [1.165, 1.54) is 12.1 Å². The second kappa shape index (κ2) is 5.83. The van der Waals surface area contributed by atoms with Crippen LogP contribution in [0.2, 0.25) is 0 Å². The first-order valence-corrected chi connectivity index (χ1v) is 8.98. The first-order chi connectivity index (χ1) is 10.1. The minimum absolute atomic E-state index is 0.0101. The molecule has 7 heteroatoms. The predicted molar refractivity (Wildman–Crippen MR) is 89.0 cm³/mol. The molecule has 0 bridgehead atoms. The van der Waals surface area contributed by atoms with Crippen molar-refractivity contribution in [2.75, 3.05) is 5.32 Å². The Labute approximate surface area is 134 Å². The van der Waals surface area contributed by atoms with Gasteiger partial charge in [-0.2, -0.15) is 0 Å². The highest BCUT2D eigenvalue weighted by atomic mass is 32.2. The number of anilines is 1. The van der Waals surface area contributed by atoms with E-state index in [0.29, 0.717) is 11.3 Å². The highest BCUT2D eigenvalue weighted by Gasteiger charge is 2.16. The van der Waals surface area contributed by atoms with Crippen LogP contribution < -0.4 is 10.5 Å².